The number of thiocarbonyl (C=S) groups is 2. The molecule has 0 aromatic carbocycles. The van der Waals surface area contributed by atoms with Crippen LogP contribution < -0.4 is 0 Å². The van der Waals surface area contributed by atoms with E-state index in [0.29, 0.717) is 58.2 Å². The molecule has 846 valence electrons. The number of aromatic nitrogens is 2. The number of nitrogens with zero attached hydrogens (tertiary/aromatic N) is 3. The number of carbonyl (C=O) groups is 5. The summed E-state index contributed by atoms with van der Waals surface area (Å²) in [5.74, 6) is -1.79. The summed E-state index contributed by atoms with van der Waals surface area (Å²) >= 11 is 15.8. The van der Waals surface area contributed by atoms with Crippen LogP contribution in [0.3, 0.4) is 0 Å². The van der Waals surface area contributed by atoms with Crippen LogP contribution in [0.5, 0.6) is 0 Å². The molecule has 7 saturated heterocycles. The first kappa shape index (κ1) is 132. The normalized spacial score (nSPS) is 32.6. The molecule has 7 aliphatic rings. The van der Waals surface area contributed by atoms with Gasteiger partial charge in [0.15, 0.2) is 44.0 Å². The van der Waals surface area contributed by atoms with Gasteiger partial charge in [0.1, 0.15) is 200 Å². The monoisotopic (exact) mass is 2300 g/mol. The number of carbonyl (C=O) groups excluding carboxylic acids is 5. The summed E-state index contributed by atoms with van der Waals surface area (Å²) < 4.78 is 108. The third-order valence-electron chi connectivity index (χ3n) is 23.2. The molecule has 5 unspecified atom stereocenters. The molecule has 0 amide bonds. The molecule has 2 aromatic heterocycles. The van der Waals surface area contributed by atoms with Crippen LogP contribution >= 0.6 is 115 Å². The predicted molar refractivity (Wildman–Crippen MR) is 540 cm³/mol. The van der Waals surface area contributed by atoms with Gasteiger partial charge < -0.3 is 197 Å². The molecule has 7 fully saturated rings. The van der Waals surface area contributed by atoms with Crippen molar-refractivity contribution in [3.05, 3.63) is 48.8 Å². The first-order chi connectivity index (χ1) is 70.1. The average molecular weight is 2310 g/mol. The smallest absolute Gasteiger partial charge is 0.322 e. The SMILES string of the molecule is CC(C)(C#N)CC(C)(C)C(=O)OC[C@H]1O[C@H](O[C@H]2O[C@H](CO)[C@@H](O)[C@H](O)[C@H]2O)[C@H](O)[C@@H](O)[C@@H]1O.CCSC(=S)SC(C)(CC(C)C(=O)OCCOCCOCCSSc1ccccn1)C(=O)OCCC1OC[C@H]2O[C@H](O[C@H]3O[C@H](CO)[C@@H](O)[C@H](O)[C@H]3O)[C@H](O)[C@@H](O)[C@@H]2O1.CCSC(=S)SC(C)(CC(C)C(=O)OCCOCCOCCSSc1ccccn1)C(=O)OC[C@H]1O[C@H](O[C@H]2O[C@H](CO)[C@@H](O)[C@H](O)[C@H]2O)[C@H](O)[C@@H](O)[C@@H]1O. The number of aliphatic hydroxyl groups is 20. The van der Waals surface area contributed by atoms with Crippen LogP contribution in [0.2, 0.25) is 0 Å². The Balaban J connectivity index is 0.000000311. The van der Waals surface area contributed by atoms with Gasteiger partial charge in [0, 0.05) is 30.3 Å². The highest BCUT2D eigenvalue weighted by Crippen LogP contribution is 2.43. The van der Waals surface area contributed by atoms with Crippen LogP contribution in [0.1, 0.15) is 94.9 Å². The molecule has 148 heavy (non-hydrogen) atoms. The molecule has 0 saturated carbocycles. The number of aliphatic hydroxyl groups excluding tert-OH is 20. The molecular weight excluding hydrogens is 2160 g/mol. The number of hydrogen-bond acceptors (Lipinski definition) is 58. The van der Waals surface area contributed by atoms with Gasteiger partial charge in [-0.3, -0.25) is 24.0 Å². The number of fused-ring (bicyclic) bond motifs is 1. The van der Waals surface area contributed by atoms with E-state index in [4.69, 9.17) is 119 Å². The standard InChI is InChI=1S/C36H55NO17S5.C33H51NO16S5.C21H35NO12/c1-4-56-35(55)58-36(3,17-20(2)31(44)48-14-13-46-11-12-47-15-16-57-59-23-7-5-6-9-37-23)34(45)49-10-8-24-50-19-22-30(53-24)27(41)29(43)33(52-22)54-32-28(42)26(40)25(39)21(18-38)51-32;1-4-52-32(51)54-33(3,15-18(2)28(42)46-12-11-44-9-10-45-13-14-53-55-21-7-5-6-8-34-21)31(43)47-17-20-23(37)25(39)27(41)30(49-20)50-29-26(40)24(38)22(36)19(16-35)48-29;1-20(2,8-22)7-21(3,4)19(30)31-6-10-12(25)14(27)16(29)18(33-10)34-17-15(28)13(26)11(24)9(5-23)32-17/h5-7,9,20-22,24-30,32-33,38-43H,4,8,10-19H2,1-3H3;5-8,18-20,22-27,29-30,35-41H,4,9-17H2,1-3H3;9-18,23-29H,5-7H2,1-4H3/t20?,21-,22-,24?,25-,26+,27-,28-,29-,30-,32-,33-,36?;18?,19-,20-,22-,23-,24+,25+,26-,27-,29-,30-,33?;9-,10-,11-,12-,13+,14+,15-,16-,17-,18-/m111/s1. The number of pyridine rings is 2. The first-order valence-corrected chi connectivity index (χ1v) is 56.5. The topological polar surface area (TPSA) is 724 Å². The maximum atomic E-state index is 13.6. The number of rotatable bonds is 53. The van der Waals surface area contributed by atoms with Crippen molar-refractivity contribution in [1.82, 2.24) is 9.97 Å². The Morgan fingerprint density at radius 1 is 0.426 bits per heavy atom. The van der Waals surface area contributed by atoms with Crippen molar-refractivity contribution >= 4 is 152 Å². The lowest BCUT2D eigenvalue weighted by Gasteiger charge is -2.48. The lowest BCUT2D eigenvalue weighted by Crippen LogP contribution is -2.65. The number of esters is 5. The summed E-state index contributed by atoms with van der Waals surface area (Å²) in [7, 11) is 6.45. The van der Waals surface area contributed by atoms with Crippen molar-refractivity contribution in [2.75, 3.05) is 135 Å². The average Bonchev–Trinajstić information content (AvgIpc) is 0.778. The molecule has 0 radical (unpaired) electrons. The minimum Gasteiger partial charge on any atom is -0.464 e. The lowest BCUT2D eigenvalue weighted by molar-refractivity contribution is -0.398. The van der Waals surface area contributed by atoms with Crippen molar-refractivity contribution in [2.45, 2.75) is 305 Å². The lowest BCUT2D eigenvalue weighted by atomic mass is 9.76. The van der Waals surface area contributed by atoms with Gasteiger partial charge in [-0.15, -0.1) is 23.5 Å². The Bertz CT molecular complexity index is 4290. The van der Waals surface area contributed by atoms with Crippen molar-refractivity contribution in [1.29, 1.82) is 5.26 Å². The Morgan fingerprint density at radius 3 is 1.12 bits per heavy atom. The highest BCUT2D eigenvalue weighted by molar-refractivity contribution is 8.77. The van der Waals surface area contributed by atoms with Gasteiger partial charge in [0.05, 0.1) is 115 Å². The maximum Gasteiger partial charge on any atom is 0.322 e. The van der Waals surface area contributed by atoms with E-state index >= 15 is 0 Å². The first-order valence-electron chi connectivity index (χ1n) is 47.4. The Morgan fingerprint density at radius 2 is 0.764 bits per heavy atom. The van der Waals surface area contributed by atoms with Crippen LogP contribution in [0.15, 0.2) is 58.8 Å². The van der Waals surface area contributed by atoms with E-state index < -0.39 is 286 Å². The molecule has 0 aliphatic carbocycles. The highest BCUT2D eigenvalue weighted by Gasteiger charge is 2.57. The van der Waals surface area contributed by atoms with Crippen molar-refractivity contribution in [3.8, 4) is 6.07 Å². The molecule has 48 nitrogen and oxygen atoms in total. The quantitative estimate of drug-likeness (QED) is 0.0113. The number of thioether (sulfide) groups is 4. The fourth-order valence-corrected chi connectivity index (χ4v) is 25.0. The second kappa shape index (κ2) is 65.9. The van der Waals surface area contributed by atoms with E-state index in [1.165, 1.54) is 23.5 Å². The van der Waals surface area contributed by atoms with Gasteiger partial charge in [-0.1, -0.05) is 109 Å². The molecule has 0 spiro atoms. The fraction of sp³-hybridized carbons (Fsp3) is 0.800. The van der Waals surface area contributed by atoms with Crippen LogP contribution in [0.4, 0.5) is 0 Å². The molecule has 0 bridgehead atoms. The van der Waals surface area contributed by atoms with Gasteiger partial charge >= 0.3 is 29.8 Å². The minimum absolute atomic E-state index is 0.0183. The van der Waals surface area contributed by atoms with Gasteiger partial charge in [0.25, 0.3) is 0 Å². The van der Waals surface area contributed by atoms with Crippen LogP contribution in [-0.4, -0.2) is 484 Å². The second-order valence-corrected chi connectivity index (χ2v) is 49.1. The number of ether oxygens (including phenoxy) is 20. The minimum atomic E-state index is -1.89. The predicted octanol–water partition coefficient (Wildman–Crippen LogP) is -1.87. The van der Waals surface area contributed by atoms with Crippen LogP contribution in [0.25, 0.3) is 0 Å². The second-order valence-electron chi connectivity index (χ2n) is 36.3. The summed E-state index contributed by atoms with van der Waals surface area (Å²) in [6.07, 6.45) is -45.7. The Hall–Kier alpha value is -3.28. The highest BCUT2D eigenvalue weighted by atomic mass is 33.1. The molecule has 2 aromatic rings. The van der Waals surface area contributed by atoms with Crippen molar-refractivity contribution in [3.63, 3.8) is 0 Å². The van der Waals surface area contributed by atoms with Gasteiger partial charge in [-0.2, -0.15) is 5.26 Å². The summed E-state index contributed by atoms with van der Waals surface area (Å²) in [6, 6.07) is 13.6. The van der Waals surface area contributed by atoms with E-state index in [0.717, 1.165) is 45.1 Å². The van der Waals surface area contributed by atoms with E-state index in [2.05, 4.69) is 16.0 Å². The molecular formula is C90H141N3O45S10. The molecule has 9 rings (SSSR count). The van der Waals surface area contributed by atoms with E-state index in [1.807, 2.05) is 50.2 Å². The summed E-state index contributed by atoms with van der Waals surface area (Å²) in [4.78, 5) is 74.1. The summed E-state index contributed by atoms with van der Waals surface area (Å²) in [5.41, 5.74) is -1.85. The third kappa shape index (κ3) is 40.9. The molecule has 9 heterocycles. The Labute approximate surface area is 899 Å². The molecule has 20 N–H and O–H groups in total. The van der Waals surface area contributed by atoms with Gasteiger partial charge in [-0.25, -0.2) is 9.97 Å². The third-order valence-corrected chi connectivity index (χ3v) is 33.1. The van der Waals surface area contributed by atoms with Gasteiger partial charge in [-0.05, 0) is 118 Å². The van der Waals surface area contributed by atoms with Crippen LogP contribution in [-0.2, 0) is 119 Å². The van der Waals surface area contributed by atoms with Gasteiger partial charge in [0.2, 0.25) is 0 Å². The summed E-state index contributed by atoms with van der Waals surface area (Å²) in [5, 5.41) is 214. The fourth-order valence-electron chi connectivity index (χ4n) is 15.3. The van der Waals surface area contributed by atoms with Crippen molar-refractivity contribution in [2.24, 2.45) is 22.7 Å². The molecule has 35 atom stereocenters. The number of hydrogen-bond donors (Lipinski definition) is 20. The van der Waals surface area contributed by atoms with E-state index in [-0.39, 0.29) is 65.3 Å². The zero-order chi connectivity index (χ0) is 110. The van der Waals surface area contributed by atoms with Crippen LogP contribution in [0, 0.1) is 34.0 Å². The Kier molecular flexibility index (Phi) is 58.6. The number of nitriles is 1. The van der Waals surface area contributed by atoms with Crippen molar-refractivity contribution < 1.29 is 221 Å². The largest absolute Gasteiger partial charge is 0.464 e. The van der Waals surface area contributed by atoms with E-state index in [1.54, 1.807) is 111 Å². The summed E-state index contributed by atoms with van der Waals surface area (Å²) in [6.45, 7) is 16.1. The molecule has 7 aliphatic heterocycles. The zero-order valence-corrected chi connectivity index (χ0v) is 91.1. The maximum absolute atomic E-state index is 13.6. The van der Waals surface area contributed by atoms with E-state index in [9.17, 15) is 131 Å². The molecule has 58 heteroatoms. The zero-order valence-electron chi connectivity index (χ0n) is 82.9.